The summed E-state index contributed by atoms with van der Waals surface area (Å²) in [4.78, 5) is 15.3. The van der Waals surface area contributed by atoms with Crippen molar-refractivity contribution in [1.82, 2.24) is 0 Å². The van der Waals surface area contributed by atoms with Gasteiger partial charge in [-0.2, -0.15) is 0 Å². The maximum Gasteiger partial charge on any atom is 0.174 e. The molecule has 0 spiro atoms. The Morgan fingerprint density at radius 1 is 0.815 bits per heavy atom. The van der Waals surface area contributed by atoms with Crippen molar-refractivity contribution in [2.75, 3.05) is 28.4 Å². The van der Waals surface area contributed by atoms with Gasteiger partial charge >= 0.3 is 0 Å². The Morgan fingerprint density at radius 3 is 2.06 bits per heavy atom. The van der Waals surface area contributed by atoms with Crippen molar-refractivity contribution in [2.24, 2.45) is 0 Å². The number of Topliss-reactive ketones (excluding diaryl/α,β-unsaturated/α-hetero) is 1. The molecule has 0 amide bonds. The van der Waals surface area contributed by atoms with Crippen LogP contribution >= 0.6 is 23.5 Å². The number of carbonyl (C=O) groups is 1. The van der Waals surface area contributed by atoms with E-state index in [1.807, 2.05) is 54.2 Å². The predicted octanol–water partition coefficient (Wildman–Crippen LogP) is 11.1. The van der Waals surface area contributed by atoms with Gasteiger partial charge in [-0.15, -0.1) is 11.8 Å². The Bertz CT molecular complexity index is 1900. The topological polar surface area (TPSA) is 83.5 Å². The molecule has 1 aliphatic heterocycles. The molecular weight excluding hydrogens is 717 g/mol. The van der Waals surface area contributed by atoms with Crippen LogP contribution < -0.4 is 23.7 Å². The van der Waals surface area contributed by atoms with Gasteiger partial charge in [0, 0.05) is 37.3 Å². The second-order valence-electron chi connectivity index (χ2n) is 14.4. The fraction of sp³-hybridized carbons (Fsp3) is 0.400. The molecule has 4 aromatic carbocycles. The van der Waals surface area contributed by atoms with Gasteiger partial charge in [0.05, 0.1) is 34.9 Å². The largest absolute Gasteiger partial charge is 0.496 e. The second kappa shape index (κ2) is 18.5. The van der Waals surface area contributed by atoms with E-state index in [2.05, 4.69) is 57.2 Å². The Hall–Kier alpha value is -4.05. The third kappa shape index (κ3) is 10.4. The van der Waals surface area contributed by atoms with Crippen LogP contribution in [0.15, 0.2) is 100 Å². The summed E-state index contributed by atoms with van der Waals surface area (Å²) >= 11 is 3.31. The summed E-state index contributed by atoms with van der Waals surface area (Å²) in [5, 5.41) is 11.3. The van der Waals surface area contributed by atoms with Gasteiger partial charge in [-0.25, -0.2) is 0 Å². The third-order valence-corrected chi connectivity index (χ3v) is 12.2. The zero-order chi connectivity index (χ0) is 38.9. The first-order valence-electron chi connectivity index (χ1n) is 18.5. The maximum atomic E-state index is 14.1. The number of benzene rings is 4. The van der Waals surface area contributed by atoms with E-state index in [9.17, 15) is 9.90 Å². The van der Waals surface area contributed by atoms with Gasteiger partial charge in [0.1, 0.15) is 33.8 Å². The highest BCUT2D eigenvalue weighted by Gasteiger charge is 2.36. The minimum atomic E-state index is -1.06. The zero-order valence-corrected chi connectivity index (χ0v) is 34.5. The lowest BCUT2D eigenvalue weighted by Gasteiger charge is -2.30. The van der Waals surface area contributed by atoms with Crippen molar-refractivity contribution >= 4 is 29.3 Å². The molecule has 4 aromatic rings. The van der Waals surface area contributed by atoms with E-state index in [1.165, 1.54) is 22.2 Å². The van der Waals surface area contributed by atoms with Crippen molar-refractivity contribution in [3.8, 4) is 28.7 Å². The number of allylic oxidation sites excluding steroid dienone is 2. The van der Waals surface area contributed by atoms with Gasteiger partial charge in [-0.1, -0.05) is 79.7 Å². The van der Waals surface area contributed by atoms with Crippen molar-refractivity contribution in [1.29, 1.82) is 0 Å². The lowest BCUT2D eigenvalue weighted by molar-refractivity contribution is 0.0842. The van der Waals surface area contributed by atoms with Crippen LogP contribution in [0.2, 0.25) is 0 Å². The summed E-state index contributed by atoms with van der Waals surface area (Å²) < 4.78 is 30.2. The van der Waals surface area contributed by atoms with Gasteiger partial charge in [-0.3, -0.25) is 4.79 Å². The van der Waals surface area contributed by atoms with Crippen LogP contribution in [0, 0.1) is 0 Å². The minimum absolute atomic E-state index is 0.0872. The molecule has 1 heterocycles. The first kappa shape index (κ1) is 41.1. The number of hydrogen-bond donors (Lipinski definition) is 1. The molecular formula is C45H54O7S2. The number of aliphatic hydroxyl groups is 1. The van der Waals surface area contributed by atoms with E-state index in [4.69, 9.17) is 23.7 Å². The molecule has 0 aromatic heterocycles. The number of ketones is 1. The standard InChI is InChI=1S/C45H54O7S2/c1-30(16-15-26-44(2,3)53-31-17-11-9-12-18-31)21-22-34-33(23-24-37(48-5)42(34)50-7)39-28-36(46)41-40(52-39)29-38(49-6)35(43(41)51-8)25-27-45(4,47)54-32-19-13-10-14-20-32/h9-14,17-21,23-24,29,39,47H,15-16,22,25-28H2,1-8H3/b30-21+/t39-,45?/m0/s1. The number of rotatable bonds is 18. The number of hydrogen-bond acceptors (Lipinski definition) is 9. The van der Waals surface area contributed by atoms with Crippen LogP contribution in [-0.2, 0) is 12.8 Å². The molecule has 1 N–H and O–H groups in total. The second-order valence-corrected chi connectivity index (χ2v) is 17.8. The zero-order valence-electron chi connectivity index (χ0n) is 32.8. The number of thioether (sulfide) groups is 2. The van der Waals surface area contributed by atoms with Crippen molar-refractivity contribution in [2.45, 2.75) is 98.2 Å². The van der Waals surface area contributed by atoms with E-state index in [1.54, 1.807) is 41.4 Å². The Balaban J connectivity index is 1.36. The van der Waals surface area contributed by atoms with Crippen LogP contribution in [0.3, 0.4) is 0 Å². The maximum absolute atomic E-state index is 14.1. The first-order valence-corrected chi connectivity index (χ1v) is 20.1. The summed E-state index contributed by atoms with van der Waals surface area (Å²) in [7, 11) is 6.42. The SMILES string of the molecule is COc1cc2c(c(OC)c1CCC(C)(O)Sc1ccccc1)C(=O)C[C@@H](c1ccc(OC)c(OC)c1C/C=C(\C)CCCC(C)(C)Sc1ccccc1)O2. The molecule has 9 heteroatoms. The molecule has 0 radical (unpaired) electrons. The summed E-state index contributed by atoms with van der Waals surface area (Å²) in [6, 6.07) is 26.0. The predicted molar refractivity (Wildman–Crippen MR) is 220 cm³/mol. The van der Waals surface area contributed by atoms with Crippen molar-refractivity contribution < 1.29 is 33.6 Å². The molecule has 54 heavy (non-hydrogen) atoms. The number of fused-ring (bicyclic) bond motifs is 1. The summed E-state index contributed by atoms with van der Waals surface area (Å²) in [5.74, 6) is 2.53. The summed E-state index contributed by atoms with van der Waals surface area (Å²) in [6.45, 7) is 8.59. The van der Waals surface area contributed by atoms with Crippen LogP contribution in [-0.4, -0.2) is 49.0 Å². The molecule has 5 rings (SSSR count). The molecule has 7 nitrogen and oxygen atoms in total. The highest BCUT2D eigenvalue weighted by atomic mass is 32.2. The molecule has 288 valence electrons. The molecule has 2 atom stereocenters. The van der Waals surface area contributed by atoms with Crippen LogP contribution in [0.25, 0.3) is 0 Å². The van der Waals surface area contributed by atoms with E-state index in [0.717, 1.165) is 40.8 Å². The highest BCUT2D eigenvalue weighted by Crippen LogP contribution is 2.48. The fourth-order valence-corrected chi connectivity index (χ4v) is 9.17. The van der Waals surface area contributed by atoms with Gasteiger partial charge < -0.3 is 28.8 Å². The average molecular weight is 771 g/mol. The van der Waals surface area contributed by atoms with E-state index in [-0.39, 0.29) is 17.0 Å². The fourth-order valence-electron chi connectivity index (χ4n) is 6.99. The van der Waals surface area contributed by atoms with Crippen molar-refractivity contribution in [3.63, 3.8) is 0 Å². The Morgan fingerprint density at radius 2 is 1.44 bits per heavy atom. The van der Waals surface area contributed by atoms with Crippen LogP contribution in [0.4, 0.5) is 0 Å². The van der Waals surface area contributed by atoms with E-state index in [0.29, 0.717) is 53.6 Å². The molecule has 0 saturated carbocycles. The van der Waals surface area contributed by atoms with Gasteiger partial charge in [0.2, 0.25) is 0 Å². The highest BCUT2D eigenvalue weighted by molar-refractivity contribution is 8.00. The molecule has 1 aliphatic rings. The molecule has 1 unspecified atom stereocenters. The monoisotopic (exact) mass is 770 g/mol. The minimum Gasteiger partial charge on any atom is -0.496 e. The first-order chi connectivity index (χ1) is 25.9. The van der Waals surface area contributed by atoms with Gasteiger partial charge in [0.25, 0.3) is 0 Å². The number of ether oxygens (including phenoxy) is 5. The Labute approximate surface area is 329 Å². The smallest absolute Gasteiger partial charge is 0.174 e. The molecule has 0 aliphatic carbocycles. The Kier molecular flexibility index (Phi) is 14.1. The average Bonchev–Trinajstić information content (AvgIpc) is 3.15. The molecule has 0 saturated heterocycles. The van der Waals surface area contributed by atoms with Crippen LogP contribution in [0.1, 0.15) is 93.0 Å². The lowest BCUT2D eigenvalue weighted by Crippen LogP contribution is -2.24. The molecule has 0 bridgehead atoms. The number of methoxy groups -OCH3 is 4. The lowest BCUT2D eigenvalue weighted by atomic mass is 9.89. The summed E-state index contributed by atoms with van der Waals surface area (Å²) in [6.07, 6.45) is 6.38. The normalized spacial score (nSPS) is 15.5. The summed E-state index contributed by atoms with van der Waals surface area (Å²) in [5.41, 5.74) is 4.20. The van der Waals surface area contributed by atoms with E-state index < -0.39 is 11.0 Å². The van der Waals surface area contributed by atoms with Crippen molar-refractivity contribution in [3.05, 3.63) is 113 Å². The van der Waals surface area contributed by atoms with E-state index >= 15 is 0 Å². The third-order valence-electron chi connectivity index (χ3n) is 9.74. The van der Waals surface area contributed by atoms with Gasteiger partial charge in [0.15, 0.2) is 17.3 Å². The number of carbonyl (C=O) groups excluding carboxylic acids is 1. The van der Waals surface area contributed by atoms with Gasteiger partial charge in [-0.05, 0) is 82.7 Å². The molecule has 0 fully saturated rings. The van der Waals surface area contributed by atoms with Crippen LogP contribution in [0.5, 0.6) is 28.7 Å². The quantitative estimate of drug-likeness (QED) is 0.0604.